The second kappa shape index (κ2) is 9.53. The summed E-state index contributed by atoms with van der Waals surface area (Å²) in [5, 5.41) is 2.78. The molecular formula is C22H17ClF3NO6. The van der Waals surface area contributed by atoms with Crippen LogP contribution in [0.4, 0.5) is 18.9 Å². The zero-order valence-corrected chi connectivity index (χ0v) is 18.0. The Morgan fingerprint density at radius 3 is 2.58 bits per heavy atom. The lowest BCUT2D eigenvalue weighted by atomic mass is 10.1. The van der Waals surface area contributed by atoms with E-state index in [2.05, 4.69) is 5.32 Å². The summed E-state index contributed by atoms with van der Waals surface area (Å²) in [5.41, 5.74) is -0.813. The highest BCUT2D eigenvalue weighted by Gasteiger charge is 2.31. The van der Waals surface area contributed by atoms with Gasteiger partial charge in [-0.3, -0.25) is 4.79 Å². The van der Waals surface area contributed by atoms with Crippen LogP contribution in [-0.2, 0) is 20.5 Å². The Labute approximate surface area is 190 Å². The SMILES string of the molecule is Cc1cc(=O)oc2cc(OCC(=O)O[C@H](C)C(=O)Nc3cc(C(F)(F)F)ccc3Cl)ccc12. The van der Waals surface area contributed by atoms with Gasteiger partial charge >= 0.3 is 17.8 Å². The molecule has 0 aliphatic carbocycles. The van der Waals surface area contributed by atoms with Crippen molar-refractivity contribution in [3.8, 4) is 5.75 Å². The van der Waals surface area contributed by atoms with Gasteiger partial charge in [-0.05, 0) is 49.7 Å². The summed E-state index contributed by atoms with van der Waals surface area (Å²) in [7, 11) is 0. The molecule has 3 rings (SSSR count). The fourth-order valence-electron chi connectivity index (χ4n) is 2.85. The molecule has 0 saturated heterocycles. The Balaban J connectivity index is 1.59. The number of carbonyl (C=O) groups excluding carboxylic acids is 2. The third-order valence-corrected chi connectivity index (χ3v) is 4.84. The quantitative estimate of drug-likeness (QED) is 0.402. The summed E-state index contributed by atoms with van der Waals surface area (Å²) in [6, 6.07) is 8.45. The van der Waals surface area contributed by atoms with Gasteiger partial charge in [0.05, 0.1) is 16.3 Å². The largest absolute Gasteiger partial charge is 0.482 e. The Morgan fingerprint density at radius 2 is 1.88 bits per heavy atom. The predicted molar refractivity (Wildman–Crippen MR) is 113 cm³/mol. The van der Waals surface area contributed by atoms with Crippen molar-refractivity contribution in [1.29, 1.82) is 0 Å². The first-order chi connectivity index (χ1) is 15.4. The van der Waals surface area contributed by atoms with E-state index in [1.54, 1.807) is 19.1 Å². The predicted octanol–water partition coefficient (Wildman–Crippen LogP) is 4.72. The summed E-state index contributed by atoms with van der Waals surface area (Å²) in [6.45, 7) is 2.42. The number of amides is 1. The van der Waals surface area contributed by atoms with Crippen molar-refractivity contribution < 1.29 is 36.7 Å². The summed E-state index contributed by atoms with van der Waals surface area (Å²) in [4.78, 5) is 35.8. The number of halogens is 4. The fraction of sp³-hybridized carbons (Fsp3) is 0.227. The van der Waals surface area contributed by atoms with Gasteiger partial charge in [0, 0.05) is 17.5 Å². The van der Waals surface area contributed by atoms with Crippen molar-refractivity contribution in [2.75, 3.05) is 11.9 Å². The van der Waals surface area contributed by atoms with Crippen LogP contribution in [0.25, 0.3) is 11.0 Å². The van der Waals surface area contributed by atoms with Gasteiger partial charge in [0.2, 0.25) is 0 Å². The third kappa shape index (κ3) is 6.04. The minimum absolute atomic E-state index is 0.114. The third-order valence-electron chi connectivity index (χ3n) is 4.51. The van der Waals surface area contributed by atoms with Gasteiger partial charge in [0.15, 0.2) is 12.7 Å². The molecule has 1 heterocycles. The van der Waals surface area contributed by atoms with Crippen molar-refractivity contribution in [3.63, 3.8) is 0 Å². The van der Waals surface area contributed by atoms with E-state index in [-0.39, 0.29) is 22.0 Å². The molecular weight excluding hydrogens is 467 g/mol. The summed E-state index contributed by atoms with van der Waals surface area (Å²) in [6.07, 6.45) is -5.97. The maximum atomic E-state index is 12.9. The highest BCUT2D eigenvalue weighted by atomic mass is 35.5. The van der Waals surface area contributed by atoms with Crippen LogP contribution < -0.4 is 15.7 Å². The summed E-state index contributed by atoms with van der Waals surface area (Å²) < 4.78 is 53.9. The molecule has 1 atom stereocenters. The van der Waals surface area contributed by atoms with E-state index in [0.717, 1.165) is 12.1 Å². The molecule has 0 unspecified atom stereocenters. The number of nitrogens with one attached hydrogen (secondary N) is 1. The average molecular weight is 484 g/mol. The van der Waals surface area contributed by atoms with Crippen LogP contribution in [0.1, 0.15) is 18.1 Å². The molecule has 1 aromatic heterocycles. The zero-order chi connectivity index (χ0) is 24.3. The van der Waals surface area contributed by atoms with Gasteiger partial charge in [-0.15, -0.1) is 0 Å². The number of hydrogen-bond acceptors (Lipinski definition) is 6. The highest BCUT2D eigenvalue weighted by Crippen LogP contribution is 2.34. The standard InChI is InChI=1S/C22H17ClF3NO6/c1-11-7-19(28)33-18-9-14(4-5-15(11)18)31-10-20(29)32-12(2)21(30)27-17-8-13(22(24,25)26)3-6-16(17)23/h3-9,12H,10H2,1-2H3,(H,27,30)/t12-/m1/s1. The maximum absolute atomic E-state index is 12.9. The Hall–Kier alpha value is -3.53. The number of fused-ring (bicyclic) bond motifs is 1. The normalized spacial score (nSPS) is 12.3. The molecule has 2 aromatic carbocycles. The molecule has 1 amide bonds. The van der Waals surface area contributed by atoms with E-state index in [0.29, 0.717) is 17.0 Å². The maximum Gasteiger partial charge on any atom is 0.416 e. The fourth-order valence-corrected chi connectivity index (χ4v) is 3.02. The molecule has 3 aromatic rings. The number of rotatable bonds is 6. The van der Waals surface area contributed by atoms with Gasteiger partial charge in [-0.25, -0.2) is 9.59 Å². The van der Waals surface area contributed by atoms with E-state index in [4.69, 9.17) is 25.5 Å². The van der Waals surface area contributed by atoms with Crippen molar-refractivity contribution in [2.45, 2.75) is 26.1 Å². The molecule has 1 N–H and O–H groups in total. The van der Waals surface area contributed by atoms with E-state index in [1.165, 1.54) is 19.1 Å². The molecule has 0 fully saturated rings. The first-order valence-electron chi connectivity index (χ1n) is 9.48. The van der Waals surface area contributed by atoms with Crippen molar-refractivity contribution in [2.24, 2.45) is 0 Å². The van der Waals surface area contributed by atoms with E-state index < -0.39 is 42.0 Å². The van der Waals surface area contributed by atoms with E-state index >= 15 is 0 Å². The number of ether oxygens (including phenoxy) is 2. The lowest BCUT2D eigenvalue weighted by Gasteiger charge is -2.16. The number of carbonyl (C=O) groups is 2. The van der Waals surface area contributed by atoms with Gasteiger partial charge < -0.3 is 19.2 Å². The van der Waals surface area contributed by atoms with Crippen molar-refractivity contribution in [1.82, 2.24) is 0 Å². The monoisotopic (exact) mass is 483 g/mol. The molecule has 0 radical (unpaired) electrons. The van der Waals surface area contributed by atoms with Crippen molar-refractivity contribution >= 4 is 40.1 Å². The molecule has 0 spiro atoms. The minimum atomic E-state index is -4.62. The first kappa shape index (κ1) is 24.1. The number of hydrogen-bond donors (Lipinski definition) is 1. The van der Waals surface area contributed by atoms with Gasteiger partial charge in [-0.1, -0.05) is 11.6 Å². The Bertz CT molecular complexity index is 1270. The Kier molecular flexibility index (Phi) is 6.97. The average Bonchev–Trinajstić information content (AvgIpc) is 2.72. The van der Waals surface area contributed by atoms with Crippen LogP contribution in [0.2, 0.25) is 5.02 Å². The van der Waals surface area contributed by atoms with Crippen LogP contribution in [-0.4, -0.2) is 24.6 Å². The van der Waals surface area contributed by atoms with Crippen LogP contribution in [0.5, 0.6) is 5.75 Å². The minimum Gasteiger partial charge on any atom is -0.482 e. The van der Waals surface area contributed by atoms with Crippen LogP contribution in [0, 0.1) is 6.92 Å². The highest BCUT2D eigenvalue weighted by molar-refractivity contribution is 6.33. The first-order valence-corrected chi connectivity index (χ1v) is 9.86. The number of esters is 1. The van der Waals surface area contributed by atoms with Crippen LogP contribution in [0.3, 0.4) is 0 Å². The summed E-state index contributed by atoms with van der Waals surface area (Å²) >= 11 is 5.84. The van der Waals surface area contributed by atoms with Gasteiger partial charge in [0.25, 0.3) is 5.91 Å². The molecule has 33 heavy (non-hydrogen) atoms. The number of anilines is 1. The van der Waals surface area contributed by atoms with Crippen LogP contribution >= 0.6 is 11.6 Å². The number of aryl methyl sites for hydroxylation is 1. The molecule has 0 aliphatic heterocycles. The lowest BCUT2D eigenvalue weighted by Crippen LogP contribution is -2.31. The second-order valence-corrected chi connectivity index (χ2v) is 7.42. The summed E-state index contributed by atoms with van der Waals surface area (Å²) in [5.74, 6) is -1.56. The molecule has 11 heteroatoms. The molecule has 0 aliphatic rings. The lowest BCUT2D eigenvalue weighted by molar-refractivity contribution is -0.155. The zero-order valence-electron chi connectivity index (χ0n) is 17.3. The topological polar surface area (TPSA) is 94.8 Å². The second-order valence-electron chi connectivity index (χ2n) is 7.01. The number of alkyl halides is 3. The van der Waals surface area contributed by atoms with Gasteiger partial charge in [-0.2, -0.15) is 13.2 Å². The Morgan fingerprint density at radius 1 is 1.15 bits per heavy atom. The smallest absolute Gasteiger partial charge is 0.416 e. The molecule has 0 bridgehead atoms. The van der Waals surface area contributed by atoms with Crippen molar-refractivity contribution in [3.05, 3.63) is 69.0 Å². The molecule has 7 nitrogen and oxygen atoms in total. The molecule has 174 valence electrons. The van der Waals surface area contributed by atoms with E-state index in [1.807, 2.05) is 0 Å². The number of benzene rings is 2. The van der Waals surface area contributed by atoms with Crippen LogP contribution in [0.15, 0.2) is 51.7 Å². The molecule has 0 saturated carbocycles. The van der Waals surface area contributed by atoms with Gasteiger partial charge in [0.1, 0.15) is 11.3 Å². The van der Waals surface area contributed by atoms with E-state index in [9.17, 15) is 27.6 Å².